The fourth-order valence-corrected chi connectivity index (χ4v) is 2.12. The Bertz CT molecular complexity index is 282. The zero-order chi connectivity index (χ0) is 11.3. The molecular formula is C10H18N2O2S. The zero-order valence-corrected chi connectivity index (χ0v) is 10.2. The molecule has 2 N–H and O–H groups in total. The Morgan fingerprint density at radius 2 is 2.27 bits per heavy atom. The van der Waals surface area contributed by atoms with Gasteiger partial charge in [-0.2, -0.15) is 0 Å². The fraction of sp³-hybridized carbons (Fsp3) is 0.700. The second kappa shape index (κ2) is 6.17. The molecule has 1 aromatic heterocycles. The second-order valence-corrected chi connectivity index (χ2v) is 4.78. The highest BCUT2D eigenvalue weighted by Gasteiger charge is 2.05. The molecule has 5 heteroatoms. The van der Waals surface area contributed by atoms with E-state index in [1.165, 1.54) is 4.88 Å². The van der Waals surface area contributed by atoms with Gasteiger partial charge in [-0.3, -0.25) is 0 Å². The zero-order valence-electron chi connectivity index (χ0n) is 9.41. The fourth-order valence-electron chi connectivity index (χ4n) is 1.21. The van der Waals surface area contributed by atoms with Crippen LogP contribution in [-0.2, 0) is 11.3 Å². The number of aryl methyl sites for hydroxylation is 2. The van der Waals surface area contributed by atoms with Gasteiger partial charge >= 0.3 is 0 Å². The van der Waals surface area contributed by atoms with Crippen molar-refractivity contribution in [1.82, 2.24) is 10.3 Å². The summed E-state index contributed by atoms with van der Waals surface area (Å²) >= 11 is 1.69. The van der Waals surface area contributed by atoms with E-state index in [9.17, 15) is 5.11 Å². The van der Waals surface area contributed by atoms with E-state index in [4.69, 9.17) is 4.74 Å². The Balaban J connectivity index is 2.25. The van der Waals surface area contributed by atoms with E-state index < -0.39 is 6.10 Å². The van der Waals surface area contributed by atoms with E-state index in [1.54, 1.807) is 18.4 Å². The summed E-state index contributed by atoms with van der Waals surface area (Å²) in [7, 11) is 1.58. The average molecular weight is 230 g/mol. The van der Waals surface area contributed by atoms with Crippen molar-refractivity contribution in [2.75, 3.05) is 20.3 Å². The van der Waals surface area contributed by atoms with E-state index in [-0.39, 0.29) is 0 Å². The van der Waals surface area contributed by atoms with Crippen molar-refractivity contribution in [1.29, 1.82) is 0 Å². The van der Waals surface area contributed by atoms with Crippen molar-refractivity contribution in [3.63, 3.8) is 0 Å². The maximum Gasteiger partial charge on any atom is 0.107 e. The van der Waals surface area contributed by atoms with Crippen LogP contribution in [0.4, 0.5) is 0 Å². The summed E-state index contributed by atoms with van der Waals surface area (Å²) in [6.45, 7) is 5.68. The Morgan fingerprint density at radius 3 is 2.80 bits per heavy atom. The molecule has 0 saturated carbocycles. The maximum absolute atomic E-state index is 9.38. The maximum atomic E-state index is 9.38. The molecule has 4 nitrogen and oxygen atoms in total. The summed E-state index contributed by atoms with van der Waals surface area (Å²) in [5.74, 6) is 0. The van der Waals surface area contributed by atoms with Crippen LogP contribution in [0.1, 0.15) is 15.6 Å². The number of hydrogen-bond acceptors (Lipinski definition) is 5. The van der Waals surface area contributed by atoms with Crippen LogP contribution in [0.2, 0.25) is 0 Å². The van der Waals surface area contributed by atoms with E-state index in [1.807, 2.05) is 6.92 Å². The van der Waals surface area contributed by atoms with Crippen LogP contribution in [0, 0.1) is 13.8 Å². The number of aliphatic hydroxyl groups is 1. The molecule has 0 aliphatic heterocycles. The van der Waals surface area contributed by atoms with E-state index in [0.717, 1.165) is 10.7 Å². The first-order chi connectivity index (χ1) is 7.13. The number of nitrogens with zero attached hydrogens (tertiary/aromatic N) is 1. The Labute approximate surface area is 94.3 Å². The minimum Gasteiger partial charge on any atom is -0.389 e. The van der Waals surface area contributed by atoms with Crippen LogP contribution >= 0.6 is 11.3 Å². The molecule has 86 valence electrons. The highest BCUT2D eigenvalue weighted by Crippen LogP contribution is 2.15. The van der Waals surface area contributed by atoms with Crippen molar-refractivity contribution in [2.45, 2.75) is 26.5 Å². The van der Waals surface area contributed by atoms with Crippen LogP contribution < -0.4 is 5.32 Å². The van der Waals surface area contributed by atoms with Crippen LogP contribution in [0.5, 0.6) is 0 Å². The number of ether oxygens (including phenoxy) is 1. The molecule has 0 radical (unpaired) electrons. The summed E-state index contributed by atoms with van der Waals surface area (Å²) in [6.07, 6.45) is -0.447. The van der Waals surface area contributed by atoms with Gasteiger partial charge in [0, 0.05) is 25.1 Å². The molecule has 1 atom stereocenters. The lowest BCUT2D eigenvalue weighted by molar-refractivity contribution is 0.0644. The Kier molecular flexibility index (Phi) is 5.17. The summed E-state index contributed by atoms with van der Waals surface area (Å²) in [4.78, 5) is 5.65. The van der Waals surface area contributed by atoms with Crippen molar-refractivity contribution in [3.8, 4) is 0 Å². The van der Waals surface area contributed by atoms with Gasteiger partial charge in [0.25, 0.3) is 0 Å². The number of thiazole rings is 1. The van der Waals surface area contributed by atoms with Gasteiger partial charge in [-0.1, -0.05) is 0 Å². The smallest absolute Gasteiger partial charge is 0.107 e. The summed E-state index contributed by atoms with van der Waals surface area (Å²) in [6, 6.07) is 0. The lowest BCUT2D eigenvalue weighted by Crippen LogP contribution is -2.29. The van der Waals surface area contributed by atoms with Crippen LogP contribution in [-0.4, -0.2) is 36.5 Å². The van der Waals surface area contributed by atoms with Gasteiger partial charge in [0.15, 0.2) is 0 Å². The highest BCUT2D eigenvalue weighted by atomic mass is 32.1. The van der Waals surface area contributed by atoms with Crippen molar-refractivity contribution < 1.29 is 9.84 Å². The largest absolute Gasteiger partial charge is 0.389 e. The molecular weight excluding hydrogens is 212 g/mol. The standard InChI is InChI=1S/C10H18N2O2S/c1-7-8(2)15-10(12-7)5-11-4-9(13)6-14-3/h9,11,13H,4-6H2,1-3H3. The van der Waals surface area contributed by atoms with Gasteiger partial charge in [-0.15, -0.1) is 11.3 Å². The van der Waals surface area contributed by atoms with Crippen LogP contribution in [0.3, 0.4) is 0 Å². The number of aromatic nitrogens is 1. The monoisotopic (exact) mass is 230 g/mol. The summed E-state index contributed by atoms with van der Waals surface area (Å²) < 4.78 is 4.83. The minimum absolute atomic E-state index is 0.364. The quantitative estimate of drug-likeness (QED) is 0.761. The normalized spacial score (nSPS) is 13.1. The lowest BCUT2D eigenvalue weighted by atomic mass is 10.4. The molecule has 0 bridgehead atoms. The SMILES string of the molecule is COCC(O)CNCc1nc(C)c(C)s1. The summed E-state index contributed by atoms with van der Waals surface area (Å²) in [5, 5.41) is 13.6. The molecule has 1 heterocycles. The molecule has 1 unspecified atom stereocenters. The number of methoxy groups -OCH3 is 1. The third kappa shape index (κ3) is 4.25. The molecule has 15 heavy (non-hydrogen) atoms. The molecule has 0 fully saturated rings. The van der Waals surface area contributed by atoms with Gasteiger partial charge in [-0.05, 0) is 13.8 Å². The van der Waals surface area contributed by atoms with E-state index in [2.05, 4.69) is 17.2 Å². The summed E-state index contributed by atoms with van der Waals surface area (Å²) in [5.41, 5.74) is 1.09. The van der Waals surface area contributed by atoms with Gasteiger partial charge in [-0.25, -0.2) is 4.98 Å². The van der Waals surface area contributed by atoms with Crippen molar-refractivity contribution in [3.05, 3.63) is 15.6 Å². The average Bonchev–Trinajstić information content (AvgIpc) is 2.46. The predicted octanol–water partition coefficient (Wildman–Crippen LogP) is 0.857. The van der Waals surface area contributed by atoms with Crippen molar-refractivity contribution >= 4 is 11.3 Å². The van der Waals surface area contributed by atoms with Crippen LogP contribution in [0.15, 0.2) is 0 Å². The molecule has 0 amide bonds. The van der Waals surface area contributed by atoms with Gasteiger partial charge in [0.05, 0.1) is 18.4 Å². The number of nitrogens with one attached hydrogen (secondary N) is 1. The molecule has 0 aromatic carbocycles. The molecule has 0 aliphatic rings. The first kappa shape index (κ1) is 12.6. The van der Waals surface area contributed by atoms with E-state index >= 15 is 0 Å². The van der Waals surface area contributed by atoms with Crippen molar-refractivity contribution in [2.24, 2.45) is 0 Å². The predicted molar refractivity (Wildman–Crippen MR) is 61.2 cm³/mol. The van der Waals surface area contributed by atoms with Gasteiger partial charge in [0.1, 0.15) is 5.01 Å². The second-order valence-electron chi connectivity index (χ2n) is 3.49. The van der Waals surface area contributed by atoms with E-state index in [0.29, 0.717) is 19.7 Å². The lowest BCUT2D eigenvalue weighted by Gasteiger charge is -2.09. The third-order valence-corrected chi connectivity index (χ3v) is 3.16. The highest BCUT2D eigenvalue weighted by molar-refractivity contribution is 7.11. The first-order valence-electron chi connectivity index (χ1n) is 4.94. The molecule has 1 aromatic rings. The van der Waals surface area contributed by atoms with Gasteiger partial charge < -0.3 is 15.2 Å². The molecule has 0 saturated heterocycles. The molecule has 1 rings (SSSR count). The first-order valence-corrected chi connectivity index (χ1v) is 5.75. The topological polar surface area (TPSA) is 54.4 Å². The Hall–Kier alpha value is -0.490. The molecule has 0 aliphatic carbocycles. The minimum atomic E-state index is -0.447. The van der Waals surface area contributed by atoms with Crippen LogP contribution in [0.25, 0.3) is 0 Å². The molecule has 0 spiro atoms. The number of hydrogen-bond donors (Lipinski definition) is 2. The Morgan fingerprint density at radius 1 is 1.53 bits per heavy atom. The number of rotatable bonds is 6. The van der Waals surface area contributed by atoms with Gasteiger partial charge in [0.2, 0.25) is 0 Å². The third-order valence-electron chi connectivity index (χ3n) is 2.09. The number of aliphatic hydroxyl groups excluding tert-OH is 1.